The molecule has 0 fully saturated rings. The average Bonchev–Trinajstić information content (AvgIpc) is 3.10. The normalized spacial score (nSPS) is 16.2. The Morgan fingerprint density at radius 3 is 1.66 bits per heavy atom. The minimum atomic E-state index is -0.772. The summed E-state index contributed by atoms with van der Waals surface area (Å²) in [6, 6.07) is 0. The van der Waals surface area contributed by atoms with Crippen molar-refractivity contribution < 1.29 is 14.3 Å². The van der Waals surface area contributed by atoms with E-state index in [-0.39, 0.29) is 27.5 Å². The molecule has 0 aliphatic rings. The molecule has 0 aliphatic carbocycles. The van der Waals surface area contributed by atoms with Gasteiger partial charge in [0.25, 0.3) is 0 Å². The summed E-state index contributed by atoms with van der Waals surface area (Å²) in [4.78, 5) is 29.0. The fourth-order valence-corrected chi connectivity index (χ4v) is 8.87. The first-order valence-electron chi connectivity index (χ1n) is 23.3. The second-order valence-electron chi connectivity index (χ2n) is 21.3. The number of carbonyl (C=O) groups excluding carboxylic acids is 2. The Balaban J connectivity index is 5.69. The molecule has 332 valence electrons. The fourth-order valence-electron chi connectivity index (χ4n) is 8.75. The number of unbranched alkanes of at least 4 members (excludes halogenated alkanes) is 11. The maximum Gasteiger partial charge on any atom is 0.312 e. The second kappa shape index (κ2) is 26.4. The van der Waals surface area contributed by atoms with E-state index in [0.29, 0.717) is 31.1 Å². The SMILES string of the molecule is C=C(CCCOC(=O)C(C)(CC(C)(C)C(C)CCCC)C(C)(C)C(C)(C)CC(C)(C(=O)CCCCNCCCCCCCCCCCCN)C(C)(C)C)C(C)S. The van der Waals surface area contributed by atoms with Crippen molar-refractivity contribution in [2.24, 2.45) is 44.1 Å². The van der Waals surface area contributed by atoms with Gasteiger partial charge in [-0.15, -0.1) is 0 Å². The van der Waals surface area contributed by atoms with Crippen LogP contribution in [0.3, 0.4) is 0 Å². The van der Waals surface area contributed by atoms with E-state index in [1.54, 1.807) is 0 Å². The predicted octanol–water partition coefficient (Wildman–Crippen LogP) is 14.1. The largest absolute Gasteiger partial charge is 0.465 e. The number of nitrogens with two attached hydrogens (primary N) is 1. The molecule has 6 heteroatoms. The topological polar surface area (TPSA) is 81.4 Å². The molecule has 0 radical (unpaired) electrons. The van der Waals surface area contributed by atoms with Crippen LogP contribution < -0.4 is 11.1 Å². The van der Waals surface area contributed by atoms with E-state index in [1.165, 1.54) is 77.0 Å². The van der Waals surface area contributed by atoms with Gasteiger partial charge in [0.15, 0.2) is 0 Å². The van der Waals surface area contributed by atoms with Gasteiger partial charge in [0.1, 0.15) is 5.78 Å². The van der Waals surface area contributed by atoms with Crippen molar-refractivity contribution >= 4 is 24.4 Å². The molecule has 3 N–H and O–H groups in total. The lowest BCUT2D eigenvalue weighted by molar-refractivity contribution is -0.179. The standard InChI is InChI=1S/C50H98N2O3S/c1-16-17-32-41(3)46(8,9)38-50(15,44(54)55-37-30-31-40(2)42(4)56)48(12,13)47(10,11)39-49(14,45(5,6)7)43(53)33-26-29-36-52-35-28-25-23-21-19-18-20-22-24-27-34-51/h41-42,52,56H,2,16-39,51H2,1,3-15H3. The highest BCUT2D eigenvalue weighted by atomic mass is 32.1. The molecule has 0 saturated heterocycles. The van der Waals surface area contributed by atoms with E-state index < -0.39 is 16.2 Å². The van der Waals surface area contributed by atoms with Gasteiger partial charge in [0.2, 0.25) is 0 Å². The molecule has 0 amide bonds. The molecule has 0 bridgehead atoms. The first kappa shape index (κ1) is 55.2. The highest BCUT2D eigenvalue weighted by Gasteiger charge is 2.60. The van der Waals surface area contributed by atoms with Crippen LogP contribution in [-0.4, -0.2) is 43.2 Å². The van der Waals surface area contributed by atoms with Gasteiger partial charge in [0.05, 0.1) is 12.0 Å². The Hall–Kier alpha value is -0.850. The number of ketones is 1. The molecule has 0 aromatic carbocycles. The highest BCUT2D eigenvalue weighted by Crippen LogP contribution is 2.62. The maximum atomic E-state index is 14.6. The lowest BCUT2D eigenvalue weighted by Gasteiger charge is -2.57. The number of carbonyl (C=O) groups is 2. The molecule has 0 heterocycles. The smallest absolute Gasteiger partial charge is 0.312 e. The Bertz CT molecular complexity index is 1110. The lowest BCUT2D eigenvalue weighted by atomic mass is 9.46. The van der Waals surface area contributed by atoms with E-state index in [9.17, 15) is 9.59 Å². The number of thiol groups is 1. The molecule has 0 saturated carbocycles. The van der Waals surface area contributed by atoms with Gasteiger partial charge in [-0.05, 0) is 112 Å². The third-order valence-electron chi connectivity index (χ3n) is 15.0. The zero-order valence-corrected chi connectivity index (χ0v) is 41.0. The van der Waals surface area contributed by atoms with Gasteiger partial charge in [0, 0.05) is 17.1 Å². The fraction of sp³-hybridized carbons (Fsp3) is 0.920. The maximum absolute atomic E-state index is 14.6. The van der Waals surface area contributed by atoms with Crippen molar-refractivity contribution in [3.05, 3.63) is 12.2 Å². The minimum absolute atomic E-state index is 0.0759. The van der Waals surface area contributed by atoms with Gasteiger partial charge in [-0.25, -0.2) is 0 Å². The number of hydrogen-bond donors (Lipinski definition) is 3. The van der Waals surface area contributed by atoms with Crippen molar-refractivity contribution in [2.75, 3.05) is 26.2 Å². The second-order valence-corrected chi connectivity index (χ2v) is 22.1. The van der Waals surface area contributed by atoms with Crippen LogP contribution in [0.25, 0.3) is 0 Å². The van der Waals surface area contributed by atoms with Crippen LogP contribution in [0, 0.1) is 38.4 Å². The van der Waals surface area contributed by atoms with Crippen LogP contribution in [-0.2, 0) is 14.3 Å². The lowest BCUT2D eigenvalue weighted by Crippen LogP contribution is -2.56. The van der Waals surface area contributed by atoms with Crippen molar-refractivity contribution in [3.63, 3.8) is 0 Å². The zero-order chi connectivity index (χ0) is 43.3. The van der Waals surface area contributed by atoms with Crippen LogP contribution in [0.15, 0.2) is 12.2 Å². The summed E-state index contributed by atoms with van der Waals surface area (Å²) in [5.74, 6) is 0.697. The molecule has 56 heavy (non-hydrogen) atoms. The summed E-state index contributed by atoms with van der Waals surface area (Å²) in [6.45, 7) is 38.9. The highest BCUT2D eigenvalue weighted by molar-refractivity contribution is 7.81. The number of esters is 1. The molecule has 5 nitrogen and oxygen atoms in total. The van der Waals surface area contributed by atoms with E-state index in [4.69, 9.17) is 10.5 Å². The number of hydrogen-bond acceptors (Lipinski definition) is 6. The van der Waals surface area contributed by atoms with E-state index >= 15 is 0 Å². The molecule has 0 rings (SSSR count). The van der Waals surface area contributed by atoms with Gasteiger partial charge < -0.3 is 15.8 Å². The van der Waals surface area contributed by atoms with Crippen LogP contribution in [0.5, 0.6) is 0 Å². The van der Waals surface area contributed by atoms with Crippen LogP contribution in [0.4, 0.5) is 0 Å². The van der Waals surface area contributed by atoms with Gasteiger partial charge >= 0.3 is 5.97 Å². The van der Waals surface area contributed by atoms with E-state index in [0.717, 1.165) is 63.7 Å². The molecule has 4 atom stereocenters. The third-order valence-corrected chi connectivity index (χ3v) is 15.4. The van der Waals surface area contributed by atoms with Crippen molar-refractivity contribution in [1.82, 2.24) is 5.32 Å². The Morgan fingerprint density at radius 1 is 0.679 bits per heavy atom. The van der Waals surface area contributed by atoms with E-state index in [2.05, 4.69) is 115 Å². The number of nitrogens with one attached hydrogen (secondary N) is 1. The quantitative estimate of drug-likeness (QED) is 0.0261. The Morgan fingerprint density at radius 2 is 1.18 bits per heavy atom. The predicted molar refractivity (Wildman–Crippen MR) is 250 cm³/mol. The Kier molecular flexibility index (Phi) is 26.0. The van der Waals surface area contributed by atoms with E-state index in [1.807, 2.05) is 6.92 Å². The average molecular weight is 807 g/mol. The molecule has 0 spiro atoms. The number of ether oxygens (including phenoxy) is 1. The van der Waals surface area contributed by atoms with Crippen LogP contribution >= 0.6 is 12.6 Å². The van der Waals surface area contributed by atoms with Gasteiger partial charge in [-0.1, -0.05) is 166 Å². The Labute approximate surface area is 355 Å². The molecular weight excluding hydrogens is 709 g/mol. The van der Waals surface area contributed by atoms with Crippen molar-refractivity contribution in [1.29, 1.82) is 0 Å². The third kappa shape index (κ3) is 18.2. The minimum Gasteiger partial charge on any atom is -0.465 e. The van der Waals surface area contributed by atoms with Crippen LogP contribution in [0.1, 0.15) is 225 Å². The van der Waals surface area contributed by atoms with Crippen LogP contribution in [0.2, 0.25) is 0 Å². The molecule has 0 aromatic heterocycles. The summed E-state index contributed by atoms with van der Waals surface area (Å²) in [6.07, 6.45) is 22.1. The summed E-state index contributed by atoms with van der Waals surface area (Å²) in [7, 11) is 0. The monoisotopic (exact) mass is 807 g/mol. The molecule has 0 aromatic rings. The molecular formula is C50H98N2O3S. The summed E-state index contributed by atoms with van der Waals surface area (Å²) >= 11 is 4.53. The molecule has 4 unspecified atom stereocenters. The van der Waals surface area contributed by atoms with Gasteiger partial charge in [-0.2, -0.15) is 12.6 Å². The van der Waals surface area contributed by atoms with Gasteiger partial charge in [-0.3, -0.25) is 9.59 Å². The summed E-state index contributed by atoms with van der Waals surface area (Å²) in [5.41, 5.74) is 4.18. The first-order valence-corrected chi connectivity index (χ1v) is 23.9. The first-order chi connectivity index (χ1) is 25.9. The van der Waals surface area contributed by atoms with Crippen molar-refractivity contribution in [3.8, 4) is 0 Å². The summed E-state index contributed by atoms with van der Waals surface area (Å²) in [5, 5.41) is 3.76. The number of rotatable bonds is 34. The summed E-state index contributed by atoms with van der Waals surface area (Å²) < 4.78 is 6.23. The number of Topliss-reactive ketones (excluding diaryl/α,β-unsaturated/α-hetero) is 1. The zero-order valence-electron chi connectivity index (χ0n) is 40.1. The van der Waals surface area contributed by atoms with Crippen molar-refractivity contribution in [2.45, 2.75) is 231 Å². The molecule has 0 aliphatic heterocycles.